The third-order valence-corrected chi connectivity index (χ3v) is 4.54. The Kier molecular flexibility index (Phi) is 4.98. The van der Waals surface area contributed by atoms with Crippen LogP contribution in [0.4, 0.5) is 5.69 Å². The Balaban J connectivity index is 1.80. The number of nitrogens with zero attached hydrogens (tertiary/aromatic N) is 1. The first kappa shape index (κ1) is 15.5. The van der Waals surface area contributed by atoms with Crippen LogP contribution in [0.5, 0.6) is 0 Å². The Morgan fingerprint density at radius 2 is 2.19 bits per heavy atom. The molecule has 4 N–H and O–H groups in total. The first-order valence-corrected chi connectivity index (χ1v) is 8.42. The highest BCUT2D eigenvalue weighted by atomic mass is 32.2. The van der Waals surface area contributed by atoms with Gasteiger partial charge in [0.1, 0.15) is 0 Å². The van der Waals surface area contributed by atoms with E-state index in [-0.39, 0.29) is 5.75 Å². The number of sulfonamides is 1. The van der Waals surface area contributed by atoms with Crippen molar-refractivity contribution in [2.45, 2.75) is 25.5 Å². The van der Waals surface area contributed by atoms with Gasteiger partial charge in [0, 0.05) is 17.9 Å². The predicted octanol–water partition coefficient (Wildman–Crippen LogP) is 1.35. The molecule has 1 aromatic carbocycles. The number of hydrogen-bond acceptors (Lipinski definition) is 4. The molecule has 1 heterocycles. The molecule has 0 saturated heterocycles. The van der Waals surface area contributed by atoms with E-state index in [1.165, 1.54) is 0 Å². The van der Waals surface area contributed by atoms with Gasteiger partial charge in [-0.3, -0.25) is 5.10 Å². The minimum Gasteiger partial charge on any atom is -0.399 e. The van der Waals surface area contributed by atoms with Crippen LogP contribution in [0, 0.1) is 6.92 Å². The Morgan fingerprint density at radius 1 is 1.38 bits per heavy atom. The molecule has 0 aliphatic rings. The average Bonchev–Trinajstić information content (AvgIpc) is 2.80. The number of anilines is 1. The summed E-state index contributed by atoms with van der Waals surface area (Å²) in [5.41, 5.74) is 9.04. The van der Waals surface area contributed by atoms with Crippen molar-refractivity contribution in [2.24, 2.45) is 0 Å². The van der Waals surface area contributed by atoms with Gasteiger partial charge in [-0.05, 0) is 43.0 Å². The van der Waals surface area contributed by atoms with Crippen LogP contribution in [0.2, 0.25) is 0 Å². The van der Waals surface area contributed by atoms with E-state index in [2.05, 4.69) is 14.9 Å². The smallest absolute Gasteiger partial charge is 0.215 e. The van der Waals surface area contributed by atoms with Gasteiger partial charge in [0.25, 0.3) is 0 Å². The highest BCUT2D eigenvalue weighted by Gasteiger charge is 2.11. The number of aromatic amines is 1. The third-order valence-electron chi connectivity index (χ3n) is 3.19. The molecule has 0 spiro atoms. The Morgan fingerprint density at radius 3 is 2.86 bits per heavy atom. The van der Waals surface area contributed by atoms with Crippen molar-refractivity contribution in [2.75, 3.05) is 12.3 Å². The largest absolute Gasteiger partial charge is 0.399 e. The highest BCUT2D eigenvalue weighted by Crippen LogP contribution is 2.10. The monoisotopic (exact) mass is 308 g/mol. The van der Waals surface area contributed by atoms with Crippen molar-refractivity contribution in [3.63, 3.8) is 0 Å². The van der Waals surface area contributed by atoms with Gasteiger partial charge in [0.15, 0.2) is 0 Å². The molecule has 0 aliphatic carbocycles. The van der Waals surface area contributed by atoms with Crippen molar-refractivity contribution in [1.82, 2.24) is 14.9 Å². The van der Waals surface area contributed by atoms with Gasteiger partial charge in [-0.1, -0.05) is 12.1 Å². The fourth-order valence-corrected chi connectivity index (χ4v) is 3.26. The van der Waals surface area contributed by atoms with E-state index in [1.807, 2.05) is 6.92 Å². The maximum Gasteiger partial charge on any atom is 0.215 e. The van der Waals surface area contributed by atoms with Crippen molar-refractivity contribution in [1.29, 1.82) is 0 Å². The van der Waals surface area contributed by atoms with E-state index in [1.54, 1.807) is 30.5 Å². The second kappa shape index (κ2) is 6.73. The van der Waals surface area contributed by atoms with Gasteiger partial charge in [-0.25, -0.2) is 13.1 Å². The summed E-state index contributed by atoms with van der Waals surface area (Å²) in [5, 5.41) is 6.80. The second-order valence-electron chi connectivity index (χ2n) is 5.02. The number of nitrogen functional groups attached to an aromatic ring is 1. The maximum atomic E-state index is 12.0. The zero-order valence-corrected chi connectivity index (χ0v) is 12.8. The summed E-state index contributed by atoms with van der Waals surface area (Å²) in [7, 11) is -3.33. The Hall–Kier alpha value is -1.86. The summed E-state index contributed by atoms with van der Waals surface area (Å²) in [6, 6.07) is 6.91. The minimum absolute atomic E-state index is 0.0528. The second-order valence-corrected chi connectivity index (χ2v) is 6.83. The van der Waals surface area contributed by atoms with Gasteiger partial charge >= 0.3 is 0 Å². The molecule has 0 radical (unpaired) electrons. The number of aryl methyl sites for hydroxylation is 2. The highest BCUT2D eigenvalue weighted by molar-refractivity contribution is 7.88. The first-order valence-electron chi connectivity index (χ1n) is 6.77. The minimum atomic E-state index is -3.33. The lowest BCUT2D eigenvalue weighted by Gasteiger charge is -2.07. The van der Waals surface area contributed by atoms with Crippen molar-refractivity contribution in [3.8, 4) is 0 Å². The van der Waals surface area contributed by atoms with Crippen LogP contribution in [0.3, 0.4) is 0 Å². The van der Waals surface area contributed by atoms with Gasteiger partial charge in [-0.15, -0.1) is 0 Å². The van der Waals surface area contributed by atoms with E-state index < -0.39 is 10.0 Å². The molecule has 0 bridgehead atoms. The molecule has 2 rings (SSSR count). The van der Waals surface area contributed by atoms with Crippen LogP contribution in [0.25, 0.3) is 0 Å². The van der Waals surface area contributed by atoms with Crippen molar-refractivity contribution < 1.29 is 8.42 Å². The molecular weight excluding hydrogens is 288 g/mol. The molecule has 2 aromatic rings. The van der Waals surface area contributed by atoms with E-state index in [0.717, 1.165) is 24.1 Å². The Bertz CT molecular complexity index is 695. The molecule has 0 atom stereocenters. The molecule has 0 saturated carbocycles. The average molecular weight is 308 g/mol. The zero-order chi connectivity index (χ0) is 15.3. The molecular formula is C14H20N4O2S. The number of aromatic nitrogens is 2. The van der Waals surface area contributed by atoms with Gasteiger partial charge in [-0.2, -0.15) is 5.10 Å². The lowest BCUT2D eigenvalue weighted by molar-refractivity contribution is 0.578. The molecule has 114 valence electrons. The molecule has 21 heavy (non-hydrogen) atoms. The van der Waals surface area contributed by atoms with E-state index in [4.69, 9.17) is 5.73 Å². The van der Waals surface area contributed by atoms with E-state index >= 15 is 0 Å². The van der Waals surface area contributed by atoms with Gasteiger partial charge in [0.2, 0.25) is 10.0 Å². The topological polar surface area (TPSA) is 101 Å². The number of H-pyrrole nitrogens is 1. The van der Waals surface area contributed by atoms with Crippen molar-refractivity contribution in [3.05, 3.63) is 47.3 Å². The van der Waals surface area contributed by atoms with Crippen molar-refractivity contribution >= 4 is 15.7 Å². The van der Waals surface area contributed by atoms with Crippen LogP contribution < -0.4 is 10.5 Å². The SMILES string of the molecule is Cc1[nH]ncc1CCCNS(=O)(=O)Cc1cccc(N)c1. The molecule has 0 aliphatic heterocycles. The fraction of sp³-hybridized carbons (Fsp3) is 0.357. The summed E-state index contributed by atoms with van der Waals surface area (Å²) in [4.78, 5) is 0. The standard InChI is InChI=1S/C14H20N4O2S/c1-11-13(9-16-18-11)5-3-7-17-21(19,20)10-12-4-2-6-14(15)8-12/h2,4,6,8-9,17H,3,5,7,10,15H2,1H3,(H,16,18). The normalized spacial score (nSPS) is 11.7. The van der Waals surface area contributed by atoms with Crippen LogP contribution in [-0.2, 0) is 22.2 Å². The summed E-state index contributed by atoms with van der Waals surface area (Å²) in [6.07, 6.45) is 3.30. The van der Waals surface area contributed by atoms with Crippen LogP contribution in [-0.4, -0.2) is 25.2 Å². The third kappa shape index (κ3) is 4.87. The summed E-state index contributed by atoms with van der Waals surface area (Å²) < 4.78 is 26.5. The molecule has 0 unspecified atom stereocenters. The molecule has 0 amide bonds. The summed E-state index contributed by atoms with van der Waals surface area (Å²) >= 11 is 0. The number of benzene rings is 1. The van der Waals surface area contributed by atoms with Crippen LogP contribution >= 0.6 is 0 Å². The lowest BCUT2D eigenvalue weighted by Crippen LogP contribution is -2.26. The van der Waals surface area contributed by atoms with Gasteiger partial charge < -0.3 is 5.73 Å². The maximum absolute atomic E-state index is 12.0. The first-order chi connectivity index (χ1) is 9.96. The van der Waals surface area contributed by atoms with Crippen LogP contribution in [0.1, 0.15) is 23.2 Å². The number of rotatable bonds is 7. The fourth-order valence-electron chi connectivity index (χ4n) is 2.09. The zero-order valence-electron chi connectivity index (χ0n) is 12.0. The molecule has 0 fully saturated rings. The van der Waals surface area contributed by atoms with Gasteiger partial charge in [0.05, 0.1) is 11.9 Å². The summed E-state index contributed by atoms with van der Waals surface area (Å²) in [5.74, 6) is -0.0528. The number of nitrogens with two attached hydrogens (primary N) is 1. The molecule has 1 aromatic heterocycles. The Labute approximate surface area is 124 Å². The van der Waals surface area contributed by atoms with Crippen LogP contribution in [0.15, 0.2) is 30.5 Å². The molecule has 7 heteroatoms. The predicted molar refractivity (Wildman–Crippen MR) is 83.1 cm³/mol. The quantitative estimate of drug-likeness (QED) is 0.531. The molecule has 6 nitrogen and oxygen atoms in total. The summed E-state index contributed by atoms with van der Waals surface area (Å²) in [6.45, 7) is 2.36. The number of hydrogen-bond donors (Lipinski definition) is 3. The van der Waals surface area contributed by atoms with E-state index in [9.17, 15) is 8.42 Å². The number of nitrogens with one attached hydrogen (secondary N) is 2. The van der Waals surface area contributed by atoms with E-state index in [0.29, 0.717) is 17.8 Å². The lowest BCUT2D eigenvalue weighted by atomic mass is 10.1.